The molecular formula is C9H18N2S. The Kier molecular flexibility index (Phi) is 3.92. The summed E-state index contributed by atoms with van der Waals surface area (Å²) in [6, 6.07) is 0. The molecule has 1 fully saturated rings. The summed E-state index contributed by atoms with van der Waals surface area (Å²) < 4.78 is 0. The van der Waals surface area contributed by atoms with Gasteiger partial charge >= 0.3 is 0 Å². The molecule has 1 rings (SSSR count). The van der Waals surface area contributed by atoms with E-state index < -0.39 is 0 Å². The molecule has 0 aromatic carbocycles. The van der Waals surface area contributed by atoms with Gasteiger partial charge < -0.3 is 5.73 Å². The third-order valence-electron chi connectivity index (χ3n) is 2.23. The summed E-state index contributed by atoms with van der Waals surface area (Å²) in [6.45, 7) is 2.17. The summed E-state index contributed by atoms with van der Waals surface area (Å²) in [6.07, 6.45) is 6.27. The maximum absolute atomic E-state index is 7.16. The molecule has 0 spiro atoms. The molecule has 0 radical (unpaired) electrons. The van der Waals surface area contributed by atoms with Gasteiger partial charge in [-0.2, -0.15) is 11.8 Å². The highest BCUT2D eigenvalue weighted by molar-refractivity contribution is 8.00. The molecule has 1 aliphatic rings. The van der Waals surface area contributed by atoms with Gasteiger partial charge in [0.25, 0.3) is 0 Å². The van der Waals surface area contributed by atoms with E-state index in [1.807, 2.05) is 11.8 Å². The van der Waals surface area contributed by atoms with E-state index in [2.05, 4.69) is 6.92 Å². The van der Waals surface area contributed by atoms with E-state index in [-0.39, 0.29) is 0 Å². The summed E-state index contributed by atoms with van der Waals surface area (Å²) >= 11 is 2.01. The van der Waals surface area contributed by atoms with Crippen LogP contribution in [0.1, 0.15) is 39.0 Å². The van der Waals surface area contributed by atoms with Gasteiger partial charge in [0.2, 0.25) is 0 Å². The van der Waals surface area contributed by atoms with Gasteiger partial charge in [0.05, 0.1) is 5.84 Å². The van der Waals surface area contributed by atoms with Crippen molar-refractivity contribution in [3.05, 3.63) is 0 Å². The molecule has 1 atom stereocenters. The summed E-state index contributed by atoms with van der Waals surface area (Å²) in [4.78, 5) is 0. The van der Waals surface area contributed by atoms with Crippen LogP contribution in [0.4, 0.5) is 0 Å². The first-order valence-corrected chi connectivity index (χ1v) is 5.61. The summed E-state index contributed by atoms with van der Waals surface area (Å²) in [7, 11) is 0. The van der Waals surface area contributed by atoms with Crippen LogP contribution in [0.15, 0.2) is 0 Å². The van der Waals surface area contributed by atoms with Crippen molar-refractivity contribution in [1.82, 2.24) is 0 Å². The van der Waals surface area contributed by atoms with Crippen molar-refractivity contribution >= 4 is 17.6 Å². The zero-order chi connectivity index (χ0) is 8.97. The number of thioether (sulfide) groups is 1. The molecule has 70 valence electrons. The zero-order valence-electron chi connectivity index (χ0n) is 7.68. The van der Waals surface area contributed by atoms with Gasteiger partial charge in [0, 0.05) is 16.9 Å². The highest BCUT2D eigenvalue weighted by Crippen LogP contribution is 2.32. The van der Waals surface area contributed by atoms with Crippen molar-refractivity contribution in [2.75, 3.05) is 0 Å². The third kappa shape index (κ3) is 3.48. The minimum atomic E-state index is 0.327. The van der Waals surface area contributed by atoms with Crippen molar-refractivity contribution in [3.8, 4) is 0 Å². The molecule has 0 saturated heterocycles. The Hall–Kier alpha value is -0.180. The Balaban J connectivity index is 2.16. The van der Waals surface area contributed by atoms with Crippen LogP contribution in [0.3, 0.4) is 0 Å². The maximum atomic E-state index is 7.16. The average Bonchev–Trinajstić information content (AvgIpc) is 2.37. The van der Waals surface area contributed by atoms with Gasteiger partial charge in [-0.05, 0) is 12.8 Å². The van der Waals surface area contributed by atoms with Crippen LogP contribution in [-0.2, 0) is 0 Å². The minimum Gasteiger partial charge on any atom is -0.388 e. The molecular weight excluding hydrogens is 168 g/mol. The zero-order valence-corrected chi connectivity index (χ0v) is 8.49. The molecule has 0 bridgehead atoms. The largest absolute Gasteiger partial charge is 0.388 e. The van der Waals surface area contributed by atoms with Crippen molar-refractivity contribution in [3.63, 3.8) is 0 Å². The smallest absolute Gasteiger partial charge is 0.0916 e. The van der Waals surface area contributed by atoms with Gasteiger partial charge in [-0.3, -0.25) is 5.41 Å². The lowest BCUT2D eigenvalue weighted by molar-refractivity contribution is 0.886. The Bertz CT molecular complexity index is 153. The second-order valence-corrected chi connectivity index (χ2v) is 5.33. The predicted molar refractivity (Wildman–Crippen MR) is 55.8 cm³/mol. The highest BCUT2D eigenvalue weighted by Gasteiger charge is 2.18. The maximum Gasteiger partial charge on any atom is 0.0916 e. The first kappa shape index (κ1) is 9.90. The van der Waals surface area contributed by atoms with E-state index in [4.69, 9.17) is 11.1 Å². The molecule has 0 aliphatic heterocycles. The van der Waals surface area contributed by atoms with E-state index in [0.29, 0.717) is 11.1 Å². The Morgan fingerprint density at radius 2 is 2.17 bits per heavy atom. The number of hydrogen-bond acceptors (Lipinski definition) is 2. The number of hydrogen-bond donors (Lipinski definition) is 2. The van der Waals surface area contributed by atoms with Gasteiger partial charge in [0.1, 0.15) is 0 Å². The summed E-state index contributed by atoms with van der Waals surface area (Å²) in [5.74, 6) is 0.327. The van der Waals surface area contributed by atoms with Gasteiger partial charge in [-0.25, -0.2) is 0 Å². The molecule has 3 heteroatoms. The minimum absolute atomic E-state index is 0.327. The Morgan fingerprint density at radius 3 is 2.67 bits per heavy atom. The van der Waals surface area contributed by atoms with Crippen LogP contribution >= 0.6 is 11.8 Å². The van der Waals surface area contributed by atoms with Crippen LogP contribution in [0, 0.1) is 5.41 Å². The highest BCUT2D eigenvalue weighted by atomic mass is 32.2. The topological polar surface area (TPSA) is 49.9 Å². The SMILES string of the molecule is CC(CC(=N)N)SC1CCCC1. The molecule has 0 heterocycles. The summed E-state index contributed by atoms with van der Waals surface area (Å²) in [5.41, 5.74) is 5.34. The monoisotopic (exact) mass is 186 g/mol. The van der Waals surface area contributed by atoms with Gasteiger partial charge in [-0.15, -0.1) is 0 Å². The molecule has 1 aliphatic carbocycles. The van der Waals surface area contributed by atoms with Crippen molar-refractivity contribution in [2.45, 2.75) is 49.5 Å². The molecule has 0 aromatic heterocycles. The molecule has 2 nitrogen and oxygen atoms in total. The van der Waals surface area contributed by atoms with Crippen LogP contribution in [-0.4, -0.2) is 16.3 Å². The standard InChI is InChI=1S/C9H18N2S/c1-7(6-9(10)11)12-8-4-2-3-5-8/h7-8H,2-6H2,1H3,(H3,10,11). The first-order chi connectivity index (χ1) is 5.68. The van der Waals surface area contributed by atoms with Crippen LogP contribution in [0.2, 0.25) is 0 Å². The van der Waals surface area contributed by atoms with Crippen LogP contribution < -0.4 is 5.73 Å². The molecule has 0 aromatic rings. The Morgan fingerprint density at radius 1 is 1.58 bits per heavy atom. The third-order valence-corrected chi connectivity index (χ3v) is 3.72. The van der Waals surface area contributed by atoms with E-state index in [9.17, 15) is 0 Å². The van der Waals surface area contributed by atoms with Crippen LogP contribution in [0.25, 0.3) is 0 Å². The van der Waals surface area contributed by atoms with E-state index >= 15 is 0 Å². The lowest BCUT2D eigenvalue weighted by Gasteiger charge is -2.14. The molecule has 12 heavy (non-hydrogen) atoms. The second-order valence-electron chi connectivity index (χ2n) is 3.58. The van der Waals surface area contributed by atoms with Gasteiger partial charge in [0.15, 0.2) is 0 Å². The molecule has 0 amide bonds. The Labute approximate surface area is 78.8 Å². The van der Waals surface area contributed by atoms with E-state index in [1.54, 1.807) is 0 Å². The van der Waals surface area contributed by atoms with Crippen molar-refractivity contribution in [1.29, 1.82) is 5.41 Å². The quantitative estimate of drug-likeness (QED) is 0.523. The molecule has 3 N–H and O–H groups in total. The predicted octanol–water partition coefficient (Wildman–Crippen LogP) is 2.38. The van der Waals surface area contributed by atoms with Crippen molar-refractivity contribution in [2.24, 2.45) is 5.73 Å². The van der Waals surface area contributed by atoms with E-state index in [0.717, 1.165) is 11.7 Å². The fraction of sp³-hybridized carbons (Fsp3) is 0.889. The number of nitrogens with one attached hydrogen (secondary N) is 1. The second kappa shape index (κ2) is 4.75. The molecule has 1 saturated carbocycles. The fourth-order valence-electron chi connectivity index (χ4n) is 1.71. The van der Waals surface area contributed by atoms with Crippen LogP contribution in [0.5, 0.6) is 0 Å². The number of amidine groups is 1. The van der Waals surface area contributed by atoms with Gasteiger partial charge in [-0.1, -0.05) is 19.8 Å². The van der Waals surface area contributed by atoms with E-state index in [1.165, 1.54) is 25.7 Å². The fourth-order valence-corrected chi connectivity index (χ4v) is 3.25. The lowest BCUT2D eigenvalue weighted by atomic mass is 10.3. The molecule has 1 unspecified atom stereocenters. The normalized spacial score (nSPS) is 21.1. The van der Waals surface area contributed by atoms with Crippen molar-refractivity contribution < 1.29 is 0 Å². The average molecular weight is 186 g/mol. The summed E-state index contributed by atoms with van der Waals surface area (Å²) in [5, 5.41) is 8.54. The number of nitrogens with two attached hydrogens (primary N) is 1. The lowest BCUT2D eigenvalue weighted by Crippen LogP contribution is -2.16. The number of rotatable bonds is 4. The first-order valence-electron chi connectivity index (χ1n) is 4.67.